The highest BCUT2D eigenvalue weighted by molar-refractivity contribution is 14.1. The van der Waals surface area contributed by atoms with Crippen molar-refractivity contribution in [2.75, 3.05) is 7.11 Å². The normalized spacial score (nSPS) is 12.1. The molecule has 5 nitrogen and oxygen atoms in total. The van der Waals surface area contributed by atoms with Crippen molar-refractivity contribution in [3.05, 3.63) is 24.8 Å². The van der Waals surface area contributed by atoms with Gasteiger partial charge in [0.05, 0.1) is 16.2 Å². The molecule has 110 valence electrons. The van der Waals surface area contributed by atoms with E-state index in [4.69, 9.17) is 0 Å². The van der Waals surface area contributed by atoms with Gasteiger partial charge in [0.1, 0.15) is 11.8 Å². The minimum absolute atomic E-state index is 0.0871. The number of phenols is 1. The molecule has 7 heteroatoms. The van der Waals surface area contributed by atoms with E-state index in [2.05, 4.69) is 32.6 Å². The third-order valence-corrected chi connectivity index (χ3v) is 4.13. The van der Waals surface area contributed by atoms with Crippen LogP contribution in [0.5, 0.6) is 5.75 Å². The molecule has 1 rings (SSSR count). The van der Waals surface area contributed by atoms with Crippen molar-refractivity contribution < 1.29 is 19.4 Å². The first-order valence-electron chi connectivity index (χ1n) is 5.84. The highest BCUT2D eigenvalue weighted by Gasteiger charge is 2.26. The van der Waals surface area contributed by atoms with Crippen LogP contribution in [0.25, 0.3) is 0 Å². The fourth-order valence-corrected chi connectivity index (χ4v) is 3.43. The Balaban J connectivity index is 3.04. The average molecular weight is 503 g/mol. The monoisotopic (exact) mass is 503 g/mol. The second kappa shape index (κ2) is 7.43. The van der Waals surface area contributed by atoms with Crippen molar-refractivity contribution in [2.45, 2.75) is 19.9 Å². The molecule has 0 spiro atoms. The van der Waals surface area contributed by atoms with Gasteiger partial charge in [-0.1, -0.05) is 13.8 Å². The van der Waals surface area contributed by atoms with Crippen LogP contribution in [-0.4, -0.2) is 30.1 Å². The lowest BCUT2D eigenvalue weighted by Gasteiger charge is -2.20. The zero-order valence-corrected chi connectivity index (χ0v) is 15.6. The standard InChI is InChI=1S/C13H15I2NO4/c1-6(2)10(13(19)20-3)16-12(18)8-4-7(14)5-9(15)11(8)17/h4-6,10,17H,1-3H3,(H,16,18). The van der Waals surface area contributed by atoms with Gasteiger partial charge in [-0.05, 0) is 63.2 Å². The molecule has 0 radical (unpaired) electrons. The van der Waals surface area contributed by atoms with Crippen LogP contribution in [0.1, 0.15) is 24.2 Å². The summed E-state index contributed by atoms with van der Waals surface area (Å²) in [6, 6.07) is 2.58. The quantitative estimate of drug-likeness (QED) is 0.490. The molecule has 0 aliphatic heterocycles. The number of phenolic OH excluding ortho intramolecular Hbond substituents is 1. The van der Waals surface area contributed by atoms with Crippen LogP contribution in [0.3, 0.4) is 0 Å². The number of esters is 1. The lowest BCUT2D eigenvalue weighted by atomic mass is 10.0. The number of hydrogen-bond donors (Lipinski definition) is 2. The van der Waals surface area contributed by atoms with Crippen molar-refractivity contribution in [2.24, 2.45) is 5.92 Å². The summed E-state index contributed by atoms with van der Waals surface area (Å²) in [5.74, 6) is -1.21. The molecular weight excluding hydrogens is 488 g/mol. The number of hydrogen-bond acceptors (Lipinski definition) is 4. The summed E-state index contributed by atoms with van der Waals surface area (Å²) in [6.45, 7) is 3.61. The van der Waals surface area contributed by atoms with Gasteiger partial charge in [-0.15, -0.1) is 0 Å². The second-order valence-corrected chi connectivity index (χ2v) is 6.91. The summed E-state index contributed by atoms with van der Waals surface area (Å²) in [5.41, 5.74) is 0.149. The van der Waals surface area contributed by atoms with Crippen LogP contribution < -0.4 is 5.32 Å². The molecule has 0 bridgehead atoms. The van der Waals surface area contributed by atoms with E-state index in [1.807, 2.05) is 22.6 Å². The maximum Gasteiger partial charge on any atom is 0.328 e. The predicted molar refractivity (Wildman–Crippen MR) is 91.6 cm³/mol. The maximum absolute atomic E-state index is 12.2. The molecule has 0 aliphatic rings. The van der Waals surface area contributed by atoms with E-state index in [0.29, 0.717) is 3.57 Å². The van der Waals surface area contributed by atoms with Crippen LogP contribution in [0.4, 0.5) is 0 Å². The Kier molecular flexibility index (Phi) is 6.49. The van der Waals surface area contributed by atoms with Crippen LogP contribution in [-0.2, 0) is 9.53 Å². The number of halogens is 2. The number of nitrogens with one attached hydrogen (secondary N) is 1. The topological polar surface area (TPSA) is 75.6 Å². The van der Waals surface area contributed by atoms with E-state index < -0.39 is 17.9 Å². The van der Waals surface area contributed by atoms with E-state index in [9.17, 15) is 14.7 Å². The number of aromatic hydroxyl groups is 1. The van der Waals surface area contributed by atoms with E-state index in [1.54, 1.807) is 26.0 Å². The largest absolute Gasteiger partial charge is 0.506 e. The highest BCUT2D eigenvalue weighted by atomic mass is 127. The van der Waals surface area contributed by atoms with Gasteiger partial charge in [-0.25, -0.2) is 4.79 Å². The summed E-state index contributed by atoms with van der Waals surface area (Å²) in [4.78, 5) is 23.9. The van der Waals surface area contributed by atoms with E-state index in [1.165, 1.54) is 7.11 Å². The van der Waals surface area contributed by atoms with E-state index in [0.717, 1.165) is 3.57 Å². The average Bonchev–Trinajstić information content (AvgIpc) is 2.38. The molecule has 1 aromatic rings. The zero-order valence-electron chi connectivity index (χ0n) is 11.2. The minimum atomic E-state index is -0.748. The fourth-order valence-electron chi connectivity index (χ4n) is 1.58. The van der Waals surface area contributed by atoms with Gasteiger partial charge in [0.25, 0.3) is 5.91 Å². The second-order valence-electron chi connectivity index (χ2n) is 4.50. The van der Waals surface area contributed by atoms with Crippen molar-refractivity contribution in [1.82, 2.24) is 5.32 Å². The molecule has 1 amide bonds. The van der Waals surface area contributed by atoms with Crippen molar-refractivity contribution in [3.8, 4) is 5.75 Å². The molecule has 0 heterocycles. The molecule has 1 atom stereocenters. The Morgan fingerprint density at radius 3 is 2.40 bits per heavy atom. The third kappa shape index (κ3) is 4.21. The van der Waals surface area contributed by atoms with Crippen LogP contribution >= 0.6 is 45.2 Å². The molecule has 0 fully saturated rings. The van der Waals surface area contributed by atoms with Gasteiger partial charge < -0.3 is 15.2 Å². The van der Waals surface area contributed by atoms with Gasteiger partial charge >= 0.3 is 5.97 Å². The highest BCUT2D eigenvalue weighted by Crippen LogP contribution is 2.27. The molecule has 0 saturated heterocycles. The van der Waals surface area contributed by atoms with E-state index >= 15 is 0 Å². The minimum Gasteiger partial charge on any atom is -0.506 e. The zero-order chi connectivity index (χ0) is 15.4. The summed E-state index contributed by atoms with van der Waals surface area (Å²) < 4.78 is 6.08. The first-order valence-corrected chi connectivity index (χ1v) is 8.00. The number of amides is 1. The molecule has 1 aromatic carbocycles. The van der Waals surface area contributed by atoms with Gasteiger partial charge in [0, 0.05) is 3.57 Å². The Bertz CT molecular complexity index is 531. The molecule has 2 N–H and O–H groups in total. The first-order chi connectivity index (χ1) is 9.27. The number of rotatable bonds is 4. The lowest BCUT2D eigenvalue weighted by molar-refractivity contribution is -0.144. The molecule has 1 unspecified atom stereocenters. The number of carbonyl (C=O) groups is 2. The van der Waals surface area contributed by atoms with Crippen LogP contribution in [0, 0.1) is 13.1 Å². The number of methoxy groups -OCH3 is 1. The van der Waals surface area contributed by atoms with Crippen LogP contribution in [0.2, 0.25) is 0 Å². The number of ether oxygens (including phenoxy) is 1. The van der Waals surface area contributed by atoms with E-state index in [-0.39, 0.29) is 17.2 Å². The smallest absolute Gasteiger partial charge is 0.328 e. The molecule has 20 heavy (non-hydrogen) atoms. The summed E-state index contributed by atoms with van der Waals surface area (Å²) in [5, 5.41) is 12.6. The number of carbonyl (C=O) groups excluding carboxylic acids is 2. The summed E-state index contributed by atoms with van der Waals surface area (Å²) in [7, 11) is 1.27. The Morgan fingerprint density at radius 2 is 1.90 bits per heavy atom. The van der Waals surface area contributed by atoms with Crippen molar-refractivity contribution >= 4 is 57.1 Å². The fraction of sp³-hybridized carbons (Fsp3) is 0.385. The van der Waals surface area contributed by atoms with Crippen molar-refractivity contribution in [1.29, 1.82) is 0 Å². The molecular formula is C13H15I2NO4. The Labute approximate surface area is 144 Å². The van der Waals surface area contributed by atoms with Crippen molar-refractivity contribution in [3.63, 3.8) is 0 Å². The van der Waals surface area contributed by atoms with Gasteiger partial charge in [-0.2, -0.15) is 0 Å². The Hall–Kier alpha value is -0.580. The summed E-state index contributed by atoms with van der Waals surface area (Å²) >= 11 is 4.01. The lowest BCUT2D eigenvalue weighted by Crippen LogP contribution is -2.45. The molecule has 0 aromatic heterocycles. The first kappa shape index (κ1) is 17.5. The van der Waals surface area contributed by atoms with Gasteiger partial charge in [-0.3, -0.25) is 4.79 Å². The molecule has 0 saturated carbocycles. The van der Waals surface area contributed by atoms with Gasteiger partial charge in [0.2, 0.25) is 0 Å². The predicted octanol–water partition coefficient (Wildman–Crippen LogP) is 2.53. The maximum atomic E-state index is 12.2. The van der Waals surface area contributed by atoms with Gasteiger partial charge in [0.15, 0.2) is 0 Å². The number of benzene rings is 1. The summed E-state index contributed by atoms with van der Waals surface area (Å²) in [6.07, 6.45) is 0. The van der Waals surface area contributed by atoms with Crippen LogP contribution in [0.15, 0.2) is 12.1 Å². The molecule has 0 aliphatic carbocycles. The third-order valence-electron chi connectivity index (χ3n) is 2.68. The Morgan fingerprint density at radius 1 is 1.30 bits per heavy atom. The SMILES string of the molecule is COC(=O)C(NC(=O)c1cc(I)cc(I)c1O)C(C)C.